The molecule has 0 bridgehead atoms. The Morgan fingerprint density at radius 3 is 2.69 bits per heavy atom. The van der Waals surface area contributed by atoms with Crippen LogP contribution in [0.5, 0.6) is 0 Å². The number of carbonyl (C=O) groups is 1. The van der Waals surface area contributed by atoms with Crippen molar-refractivity contribution in [3.63, 3.8) is 0 Å². The van der Waals surface area contributed by atoms with Gasteiger partial charge in [-0.25, -0.2) is 4.98 Å². The largest absolute Gasteiger partial charge is 0.415 e. The van der Waals surface area contributed by atoms with E-state index in [4.69, 9.17) is 0 Å². The molecule has 0 aliphatic rings. The van der Waals surface area contributed by atoms with E-state index in [1.165, 1.54) is 5.38 Å². The summed E-state index contributed by atoms with van der Waals surface area (Å²) in [6, 6.07) is -2.07. The van der Waals surface area contributed by atoms with Crippen LogP contribution in [0.25, 0.3) is 0 Å². The van der Waals surface area contributed by atoms with Gasteiger partial charge in [-0.05, 0) is 13.0 Å². The number of nitrogens with one attached hydrogen (secondary N) is 1. The summed E-state index contributed by atoms with van der Waals surface area (Å²) >= 11 is 0.857. The molecule has 1 atom stereocenters. The molecule has 0 saturated heterocycles. The average molecular weight is 250 g/mol. The Morgan fingerprint density at radius 1 is 1.69 bits per heavy atom. The fraction of sp³-hybridized carbons (Fsp3) is 0.333. The van der Waals surface area contributed by atoms with Crippen LogP contribution < -0.4 is 5.32 Å². The van der Waals surface area contributed by atoms with Gasteiger partial charge < -0.3 is 5.32 Å². The zero-order chi connectivity index (χ0) is 12.3. The van der Waals surface area contributed by atoms with E-state index in [2.05, 4.69) is 11.6 Å². The normalized spacial score (nSPS) is 13.2. The number of amides is 1. The van der Waals surface area contributed by atoms with Crippen LogP contribution in [0, 0.1) is 6.92 Å². The van der Waals surface area contributed by atoms with Gasteiger partial charge in [0.05, 0.1) is 0 Å². The van der Waals surface area contributed by atoms with E-state index in [1.54, 1.807) is 12.2 Å². The first-order chi connectivity index (χ1) is 7.34. The van der Waals surface area contributed by atoms with Crippen molar-refractivity contribution in [2.75, 3.05) is 0 Å². The van der Waals surface area contributed by atoms with Crippen LogP contribution >= 0.6 is 11.3 Å². The highest BCUT2D eigenvalue weighted by Crippen LogP contribution is 2.34. The van der Waals surface area contributed by atoms with Crippen LogP contribution in [0.4, 0.5) is 13.2 Å². The maximum absolute atomic E-state index is 12.6. The van der Waals surface area contributed by atoms with Gasteiger partial charge in [-0.3, -0.25) is 4.79 Å². The van der Waals surface area contributed by atoms with Crippen molar-refractivity contribution >= 4 is 17.2 Å². The Bertz CT molecular complexity index is 400. The van der Waals surface area contributed by atoms with Crippen molar-refractivity contribution in [3.8, 4) is 0 Å². The molecule has 1 amide bonds. The number of alkyl halides is 3. The van der Waals surface area contributed by atoms with Crippen molar-refractivity contribution in [3.05, 3.63) is 28.7 Å². The number of hydrogen-bond donors (Lipinski definition) is 1. The highest BCUT2D eigenvalue weighted by Gasteiger charge is 2.43. The van der Waals surface area contributed by atoms with E-state index in [0.717, 1.165) is 17.4 Å². The Balaban J connectivity index is 2.97. The number of rotatable bonds is 3. The number of hydrogen-bond acceptors (Lipinski definition) is 3. The smallest absolute Gasteiger partial charge is 0.335 e. The Hall–Kier alpha value is -1.37. The summed E-state index contributed by atoms with van der Waals surface area (Å²) < 4.78 is 37.9. The molecule has 1 aromatic rings. The molecule has 0 saturated carbocycles. The van der Waals surface area contributed by atoms with E-state index in [1.807, 2.05) is 0 Å². The molecule has 0 fully saturated rings. The minimum atomic E-state index is -4.57. The van der Waals surface area contributed by atoms with Crippen molar-refractivity contribution in [1.29, 1.82) is 0 Å². The van der Waals surface area contributed by atoms with E-state index >= 15 is 0 Å². The van der Waals surface area contributed by atoms with E-state index in [-0.39, 0.29) is 5.01 Å². The molecule has 0 aromatic carbocycles. The van der Waals surface area contributed by atoms with Gasteiger partial charge in [0.1, 0.15) is 5.01 Å². The molecule has 1 heterocycles. The lowest BCUT2D eigenvalue weighted by molar-refractivity contribution is -0.162. The Kier molecular flexibility index (Phi) is 3.69. The monoisotopic (exact) mass is 250 g/mol. The van der Waals surface area contributed by atoms with Gasteiger partial charge in [-0.1, -0.05) is 6.58 Å². The zero-order valence-electron chi connectivity index (χ0n) is 8.34. The number of thiazole rings is 1. The number of carbonyl (C=O) groups excluding carboxylic acids is 1. The average Bonchev–Trinajstić information content (AvgIpc) is 2.58. The van der Waals surface area contributed by atoms with Crippen molar-refractivity contribution in [2.24, 2.45) is 0 Å². The molecular formula is C9H9F3N2OS. The van der Waals surface area contributed by atoms with Gasteiger partial charge in [0, 0.05) is 11.1 Å². The first kappa shape index (κ1) is 12.7. The third-order valence-corrected chi connectivity index (χ3v) is 2.71. The first-order valence-electron chi connectivity index (χ1n) is 4.26. The summed E-state index contributed by atoms with van der Waals surface area (Å²) in [5.41, 5.74) is 0.488. The third kappa shape index (κ3) is 3.06. The minimum absolute atomic E-state index is 0.180. The minimum Gasteiger partial charge on any atom is -0.335 e. The molecule has 0 aliphatic carbocycles. The molecule has 88 valence electrons. The van der Waals surface area contributed by atoms with Gasteiger partial charge >= 0.3 is 6.18 Å². The van der Waals surface area contributed by atoms with Crippen molar-refractivity contribution < 1.29 is 18.0 Å². The molecule has 1 rings (SSSR count). The summed E-state index contributed by atoms with van der Waals surface area (Å²) in [5, 5.41) is 3.12. The van der Waals surface area contributed by atoms with Crippen LogP contribution in [0.15, 0.2) is 18.0 Å². The first-order valence-corrected chi connectivity index (χ1v) is 5.14. The maximum atomic E-state index is 12.6. The van der Waals surface area contributed by atoms with Gasteiger partial charge in [0.2, 0.25) is 5.91 Å². The molecular weight excluding hydrogens is 241 g/mol. The summed E-state index contributed by atoms with van der Waals surface area (Å²) in [6.07, 6.45) is -3.78. The number of nitrogens with zero attached hydrogens (tertiary/aromatic N) is 1. The molecule has 1 aromatic heterocycles. The molecule has 0 aliphatic heterocycles. The summed E-state index contributed by atoms with van der Waals surface area (Å²) in [5.74, 6) is -0.879. The van der Waals surface area contributed by atoms with E-state index in [0.29, 0.717) is 5.69 Å². The maximum Gasteiger partial charge on any atom is 0.415 e. The van der Waals surface area contributed by atoms with Crippen LogP contribution in [0.3, 0.4) is 0 Å². The quantitative estimate of drug-likeness (QED) is 0.837. The van der Waals surface area contributed by atoms with E-state index in [9.17, 15) is 18.0 Å². The fourth-order valence-electron chi connectivity index (χ4n) is 0.990. The predicted molar refractivity (Wildman–Crippen MR) is 54.0 cm³/mol. The summed E-state index contributed by atoms with van der Waals surface area (Å²) in [7, 11) is 0. The fourth-order valence-corrected chi connectivity index (χ4v) is 1.86. The number of halogens is 3. The second-order valence-corrected chi connectivity index (χ2v) is 3.90. The summed E-state index contributed by atoms with van der Waals surface area (Å²) in [6.45, 7) is 4.68. The van der Waals surface area contributed by atoms with Crippen LogP contribution in [0.2, 0.25) is 0 Å². The van der Waals surface area contributed by atoms with Crippen LogP contribution in [-0.4, -0.2) is 17.1 Å². The lowest BCUT2D eigenvalue weighted by Crippen LogP contribution is -2.37. The Morgan fingerprint density at radius 2 is 2.31 bits per heavy atom. The molecule has 1 N–H and O–H groups in total. The lowest BCUT2D eigenvalue weighted by atomic mass is 10.3. The number of aryl methyl sites for hydroxylation is 1. The standard InChI is InChI=1S/C9H9F3N2OS/c1-3-6(15)14-7(9(10,11)12)8-13-5(2)4-16-8/h3-4,7H,1H2,2H3,(H,14,15). The van der Waals surface area contributed by atoms with Gasteiger partial charge in [-0.15, -0.1) is 11.3 Å². The summed E-state index contributed by atoms with van der Waals surface area (Å²) in [4.78, 5) is 14.6. The molecule has 0 spiro atoms. The van der Waals surface area contributed by atoms with Crippen molar-refractivity contribution in [2.45, 2.75) is 19.1 Å². The SMILES string of the molecule is C=CC(=O)NC(c1nc(C)cs1)C(F)(F)F. The molecule has 3 nitrogen and oxygen atoms in total. The predicted octanol–water partition coefficient (Wildman–Crippen LogP) is 2.36. The van der Waals surface area contributed by atoms with Crippen LogP contribution in [0.1, 0.15) is 16.7 Å². The molecule has 7 heteroatoms. The molecule has 1 unspecified atom stereocenters. The topological polar surface area (TPSA) is 42.0 Å². The zero-order valence-corrected chi connectivity index (χ0v) is 9.15. The van der Waals surface area contributed by atoms with Crippen molar-refractivity contribution in [1.82, 2.24) is 10.3 Å². The molecule has 0 radical (unpaired) electrons. The number of aromatic nitrogens is 1. The van der Waals surface area contributed by atoms with Gasteiger partial charge in [0.15, 0.2) is 6.04 Å². The molecule has 16 heavy (non-hydrogen) atoms. The van der Waals surface area contributed by atoms with Gasteiger partial charge in [-0.2, -0.15) is 13.2 Å². The van der Waals surface area contributed by atoms with E-state index < -0.39 is 18.1 Å². The third-order valence-electron chi connectivity index (χ3n) is 1.68. The van der Waals surface area contributed by atoms with Gasteiger partial charge in [0.25, 0.3) is 0 Å². The highest BCUT2D eigenvalue weighted by atomic mass is 32.1. The second kappa shape index (κ2) is 4.65. The highest BCUT2D eigenvalue weighted by molar-refractivity contribution is 7.09. The lowest BCUT2D eigenvalue weighted by Gasteiger charge is -2.18. The Labute approximate surface area is 94.0 Å². The second-order valence-electron chi connectivity index (χ2n) is 3.01. The van der Waals surface area contributed by atoms with Crippen LogP contribution in [-0.2, 0) is 4.79 Å².